The van der Waals surface area contributed by atoms with E-state index in [1.165, 1.54) is 38.6 Å². The van der Waals surface area contributed by atoms with Gasteiger partial charge in [0.15, 0.2) is 0 Å². The first-order valence-corrected chi connectivity index (χ1v) is 8.87. The molecule has 2 rings (SSSR count). The second kappa shape index (κ2) is 7.43. The lowest BCUT2D eigenvalue weighted by Gasteiger charge is -2.43. The molecule has 3 heteroatoms. The first-order valence-electron chi connectivity index (χ1n) is 8.87. The molecule has 4 unspecified atom stereocenters. The van der Waals surface area contributed by atoms with Crippen molar-refractivity contribution in [3.05, 3.63) is 0 Å². The van der Waals surface area contributed by atoms with E-state index >= 15 is 0 Å². The Morgan fingerprint density at radius 1 is 1.14 bits per heavy atom. The molecule has 0 amide bonds. The summed E-state index contributed by atoms with van der Waals surface area (Å²) in [7, 11) is 4.41. The summed E-state index contributed by atoms with van der Waals surface area (Å²) in [6, 6.07) is 0.690. The summed E-state index contributed by atoms with van der Waals surface area (Å²) in [6.45, 7) is 10.5. The molecule has 2 aliphatic rings. The molecule has 2 fully saturated rings. The van der Waals surface area contributed by atoms with Gasteiger partial charge >= 0.3 is 0 Å². The molecule has 1 aliphatic heterocycles. The number of ether oxygens (including phenoxy) is 1. The zero-order valence-electron chi connectivity index (χ0n) is 14.8. The van der Waals surface area contributed by atoms with Gasteiger partial charge in [0.2, 0.25) is 0 Å². The minimum Gasteiger partial charge on any atom is -0.377 e. The van der Waals surface area contributed by atoms with Gasteiger partial charge in [-0.2, -0.15) is 0 Å². The van der Waals surface area contributed by atoms with E-state index in [1.54, 1.807) is 0 Å². The highest BCUT2D eigenvalue weighted by molar-refractivity contribution is 4.89. The van der Waals surface area contributed by atoms with Gasteiger partial charge in [-0.1, -0.05) is 20.8 Å². The Labute approximate surface area is 131 Å². The van der Waals surface area contributed by atoms with E-state index in [2.05, 4.69) is 45.1 Å². The van der Waals surface area contributed by atoms with Crippen LogP contribution in [0.1, 0.15) is 52.9 Å². The van der Waals surface area contributed by atoms with Crippen LogP contribution in [-0.2, 0) is 4.74 Å². The maximum Gasteiger partial charge on any atom is 0.0702 e. The fraction of sp³-hybridized carbons (Fsp3) is 1.00. The molecular weight excluding hydrogens is 260 g/mol. The van der Waals surface area contributed by atoms with Crippen LogP contribution in [-0.4, -0.2) is 50.8 Å². The Bertz CT molecular complexity index is 307. The van der Waals surface area contributed by atoms with E-state index in [4.69, 9.17) is 4.74 Å². The topological polar surface area (TPSA) is 24.5 Å². The van der Waals surface area contributed by atoms with Gasteiger partial charge in [0.05, 0.1) is 6.10 Å². The third-order valence-corrected chi connectivity index (χ3v) is 5.66. The largest absolute Gasteiger partial charge is 0.377 e. The van der Waals surface area contributed by atoms with Crippen LogP contribution in [0.5, 0.6) is 0 Å². The van der Waals surface area contributed by atoms with E-state index in [0.717, 1.165) is 25.0 Å². The third kappa shape index (κ3) is 4.94. The van der Waals surface area contributed by atoms with Gasteiger partial charge in [0.25, 0.3) is 0 Å². The molecule has 1 N–H and O–H groups in total. The predicted molar refractivity (Wildman–Crippen MR) is 89.6 cm³/mol. The highest BCUT2D eigenvalue weighted by Crippen LogP contribution is 2.40. The van der Waals surface area contributed by atoms with Gasteiger partial charge in [0.1, 0.15) is 0 Å². The lowest BCUT2D eigenvalue weighted by molar-refractivity contribution is 0.0580. The number of rotatable bonds is 5. The van der Waals surface area contributed by atoms with Crippen molar-refractivity contribution in [2.45, 2.75) is 65.0 Å². The Morgan fingerprint density at radius 3 is 2.48 bits per heavy atom. The van der Waals surface area contributed by atoms with E-state index in [9.17, 15) is 0 Å². The first kappa shape index (κ1) is 17.2. The predicted octanol–water partition coefficient (Wildman–Crippen LogP) is 3.15. The summed E-state index contributed by atoms with van der Waals surface area (Å²) in [4.78, 5) is 2.51. The second-order valence-electron chi connectivity index (χ2n) is 8.39. The number of nitrogens with one attached hydrogen (secondary N) is 1. The Morgan fingerprint density at radius 2 is 1.90 bits per heavy atom. The highest BCUT2D eigenvalue weighted by atomic mass is 16.5. The number of likely N-dealkylation sites (N-methyl/N-ethyl adjacent to an activating group) is 1. The van der Waals surface area contributed by atoms with Crippen LogP contribution < -0.4 is 5.32 Å². The highest BCUT2D eigenvalue weighted by Gasteiger charge is 2.35. The lowest BCUT2D eigenvalue weighted by Crippen LogP contribution is -2.46. The minimum absolute atomic E-state index is 0.449. The fourth-order valence-corrected chi connectivity index (χ4v) is 4.24. The SMILES string of the molecule is CNC1CCC(C(C)(C)C)CC1CN(C)CC1CCCO1. The molecule has 4 atom stereocenters. The van der Waals surface area contributed by atoms with Gasteiger partial charge in [0, 0.05) is 25.7 Å². The van der Waals surface area contributed by atoms with Crippen LogP contribution in [0.25, 0.3) is 0 Å². The Balaban J connectivity index is 1.87. The van der Waals surface area contributed by atoms with Crippen molar-refractivity contribution in [2.24, 2.45) is 17.3 Å². The van der Waals surface area contributed by atoms with E-state index < -0.39 is 0 Å². The summed E-state index contributed by atoms with van der Waals surface area (Å²) >= 11 is 0. The molecule has 0 aromatic carbocycles. The molecule has 0 aromatic heterocycles. The van der Waals surface area contributed by atoms with Crippen LogP contribution in [0.3, 0.4) is 0 Å². The molecule has 0 radical (unpaired) electrons. The van der Waals surface area contributed by atoms with Gasteiger partial charge in [-0.05, 0) is 63.5 Å². The molecule has 124 valence electrons. The quantitative estimate of drug-likeness (QED) is 0.843. The minimum atomic E-state index is 0.449. The molecule has 1 saturated heterocycles. The molecule has 1 saturated carbocycles. The number of nitrogens with zero attached hydrogens (tertiary/aromatic N) is 1. The molecule has 1 aliphatic carbocycles. The van der Waals surface area contributed by atoms with Crippen LogP contribution >= 0.6 is 0 Å². The average Bonchev–Trinajstić information content (AvgIpc) is 2.90. The second-order valence-corrected chi connectivity index (χ2v) is 8.39. The summed E-state index contributed by atoms with van der Waals surface area (Å²) < 4.78 is 5.78. The molecular formula is C18H36N2O. The van der Waals surface area contributed by atoms with Gasteiger partial charge in [-0.15, -0.1) is 0 Å². The molecule has 3 nitrogen and oxygen atoms in total. The van der Waals surface area contributed by atoms with Crippen molar-refractivity contribution in [3.8, 4) is 0 Å². The molecule has 1 heterocycles. The van der Waals surface area contributed by atoms with Crippen molar-refractivity contribution in [1.29, 1.82) is 0 Å². The van der Waals surface area contributed by atoms with Crippen molar-refractivity contribution in [2.75, 3.05) is 33.8 Å². The average molecular weight is 296 g/mol. The summed E-state index contributed by atoms with van der Waals surface area (Å²) in [5.74, 6) is 1.64. The maximum atomic E-state index is 5.78. The molecule has 0 aromatic rings. The number of hydrogen-bond donors (Lipinski definition) is 1. The maximum absolute atomic E-state index is 5.78. The summed E-state index contributed by atoms with van der Waals surface area (Å²) in [5, 5.41) is 3.57. The normalized spacial score (nSPS) is 34.6. The molecule has 0 spiro atoms. The lowest BCUT2D eigenvalue weighted by atomic mass is 9.67. The van der Waals surface area contributed by atoms with Crippen LogP contribution in [0.4, 0.5) is 0 Å². The molecule has 0 bridgehead atoms. The standard InChI is InChI=1S/C18H36N2O/c1-18(2,3)15-8-9-17(19-4)14(11-15)12-20(5)13-16-7-6-10-21-16/h14-17,19H,6-13H2,1-5H3. The van der Waals surface area contributed by atoms with Crippen LogP contribution in [0, 0.1) is 17.3 Å². The summed E-state index contributed by atoms with van der Waals surface area (Å²) in [6.07, 6.45) is 7.04. The fourth-order valence-electron chi connectivity index (χ4n) is 4.24. The monoisotopic (exact) mass is 296 g/mol. The zero-order chi connectivity index (χ0) is 15.5. The smallest absolute Gasteiger partial charge is 0.0702 e. The van der Waals surface area contributed by atoms with E-state index in [-0.39, 0.29) is 0 Å². The van der Waals surface area contributed by atoms with Crippen molar-refractivity contribution < 1.29 is 4.74 Å². The Kier molecular flexibility index (Phi) is 6.10. The van der Waals surface area contributed by atoms with Gasteiger partial charge in [-0.3, -0.25) is 0 Å². The first-order chi connectivity index (χ1) is 9.90. The Hall–Kier alpha value is -0.120. The molecule has 21 heavy (non-hydrogen) atoms. The van der Waals surface area contributed by atoms with E-state index in [0.29, 0.717) is 17.6 Å². The zero-order valence-corrected chi connectivity index (χ0v) is 14.8. The van der Waals surface area contributed by atoms with E-state index in [1.807, 2.05) is 0 Å². The van der Waals surface area contributed by atoms with Crippen molar-refractivity contribution in [3.63, 3.8) is 0 Å². The van der Waals surface area contributed by atoms with Crippen LogP contribution in [0.2, 0.25) is 0 Å². The third-order valence-electron chi connectivity index (χ3n) is 5.66. The van der Waals surface area contributed by atoms with Crippen molar-refractivity contribution in [1.82, 2.24) is 10.2 Å². The van der Waals surface area contributed by atoms with Crippen molar-refractivity contribution >= 4 is 0 Å². The number of hydrogen-bond acceptors (Lipinski definition) is 3. The van der Waals surface area contributed by atoms with Crippen LogP contribution in [0.15, 0.2) is 0 Å². The summed E-state index contributed by atoms with van der Waals surface area (Å²) in [5.41, 5.74) is 0.449. The van der Waals surface area contributed by atoms with Gasteiger partial charge < -0.3 is 15.0 Å². The van der Waals surface area contributed by atoms with Gasteiger partial charge in [-0.25, -0.2) is 0 Å².